The first-order chi connectivity index (χ1) is 10.4. The van der Waals surface area contributed by atoms with E-state index in [0.29, 0.717) is 5.89 Å². The van der Waals surface area contributed by atoms with Gasteiger partial charge in [-0.25, -0.2) is 4.98 Å². The smallest absolute Gasteiger partial charge is 0.227 e. The van der Waals surface area contributed by atoms with Gasteiger partial charge in [0, 0.05) is 17.0 Å². The number of hydrogen-bond acceptors (Lipinski definition) is 4. The third-order valence-corrected chi connectivity index (χ3v) is 4.01. The normalized spacial score (nSPS) is 16.9. The Kier molecular flexibility index (Phi) is 3.91. The molecule has 1 aliphatic rings. The van der Waals surface area contributed by atoms with Gasteiger partial charge in [0.2, 0.25) is 11.8 Å². The first-order valence-corrected chi connectivity index (χ1v) is 7.86. The molecule has 0 atom stereocenters. The van der Waals surface area contributed by atoms with Gasteiger partial charge in [0.15, 0.2) is 5.58 Å². The fourth-order valence-electron chi connectivity index (χ4n) is 2.65. The topological polar surface area (TPSA) is 67.2 Å². The first kappa shape index (κ1) is 15.0. The molecule has 5 nitrogen and oxygen atoms in total. The highest BCUT2D eigenvalue weighted by atomic mass is 16.3. The van der Waals surface area contributed by atoms with E-state index in [9.17, 15) is 4.79 Å². The van der Waals surface area contributed by atoms with Crippen LogP contribution in [-0.2, 0) is 10.2 Å². The number of amides is 1. The van der Waals surface area contributed by atoms with Crippen molar-refractivity contribution >= 4 is 22.7 Å². The predicted molar refractivity (Wildman–Crippen MR) is 86.9 cm³/mol. The molecule has 3 rings (SSSR count). The maximum atomic E-state index is 12.3. The number of carbonyl (C=O) groups excluding carboxylic acids is 1. The number of oxazole rings is 1. The summed E-state index contributed by atoms with van der Waals surface area (Å²) in [5, 5.41) is 6.28. The molecule has 1 saturated heterocycles. The molecule has 1 aromatic heterocycles. The second kappa shape index (κ2) is 5.72. The summed E-state index contributed by atoms with van der Waals surface area (Å²) in [6.07, 6.45) is 1.79. The summed E-state index contributed by atoms with van der Waals surface area (Å²) >= 11 is 0. The van der Waals surface area contributed by atoms with Gasteiger partial charge in [-0.15, -0.1) is 0 Å². The summed E-state index contributed by atoms with van der Waals surface area (Å²) < 4.78 is 5.78. The first-order valence-electron chi connectivity index (χ1n) is 7.86. The molecular formula is C17H23N3O2. The summed E-state index contributed by atoms with van der Waals surface area (Å²) in [6.45, 7) is 8.03. The molecule has 0 unspecified atom stereocenters. The molecule has 0 spiro atoms. The summed E-state index contributed by atoms with van der Waals surface area (Å²) in [5.41, 5.74) is 2.19. The number of rotatable bonds is 2. The van der Waals surface area contributed by atoms with Gasteiger partial charge in [-0.3, -0.25) is 4.79 Å². The second-order valence-corrected chi connectivity index (χ2v) is 6.97. The minimum Gasteiger partial charge on any atom is -0.440 e. The van der Waals surface area contributed by atoms with Crippen LogP contribution in [0.3, 0.4) is 0 Å². The molecule has 0 radical (unpaired) electrons. The van der Waals surface area contributed by atoms with E-state index in [1.165, 1.54) is 0 Å². The Balaban J connectivity index is 1.78. The van der Waals surface area contributed by atoms with Gasteiger partial charge >= 0.3 is 0 Å². The predicted octanol–water partition coefficient (Wildman–Crippen LogP) is 3.06. The van der Waals surface area contributed by atoms with E-state index in [-0.39, 0.29) is 17.2 Å². The van der Waals surface area contributed by atoms with E-state index >= 15 is 0 Å². The standard InChI is InChI=1S/C17H23N3O2/c1-17(2,3)16-20-13-10-12(4-5-14(13)22-16)19-15(21)11-6-8-18-9-7-11/h4-5,10-11,18H,6-9H2,1-3H3,(H,19,21). The van der Waals surface area contributed by atoms with Crippen LogP contribution >= 0.6 is 0 Å². The van der Waals surface area contributed by atoms with E-state index in [1.54, 1.807) is 0 Å². The Labute approximate surface area is 130 Å². The Hall–Kier alpha value is -1.88. The van der Waals surface area contributed by atoms with Crippen molar-refractivity contribution in [3.05, 3.63) is 24.1 Å². The number of aromatic nitrogens is 1. The third kappa shape index (κ3) is 3.14. The van der Waals surface area contributed by atoms with Gasteiger partial charge in [-0.2, -0.15) is 0 Å². The SMILES string of the molecule is CC(C)(C)c1nc2cc(NC(=O)C3CCNCC3)ccc2o1. The van der Waals surface area contributed by atoms with Crippen LogP contribution in [0, 0.1) is 5.92 Å². The molecule has 2 aromatic rings. The van der Waals surface area contributed by atoms with Crippen molar-refractivity contribution in [2.75, 3.05) is 18.4 Å². The number of nitrogens with zero attached hydrogens (tertiary/aromatic N) is 1. The van der Waals surface area contributed by atoms with Crippen molar-refractivity contribution in [3.8, 4) is 0 Å². The monoisotopic (exact) mass is 301 g/mol. The number of fused-ring (bicyclic) bond motifs is 1. The van der Waals surface area contributed by atoms with E-state index in [1.807, 2.05) is 18.2 Å². The number of anilines is 1. The lowest BCUT2D eigenvalue weighted by atomic mass is 9.97. The van der Waals surface area contributed by atoms with Crippen LogP contribution in [0.4, 0.5) is 5.69 Å². The molecule has 118 valence electrons. The number of hydrogen-bond donors (Lipinski definition) is 2. The van der Waals surface area contributed by atoms with Crippen molar-refractivity contribution in [2.45, 2.75) is 39.0 Å². The van der Waals surface area contributed by atoms with Crippen LogP contribution in [0.5, 0.6) is 0 Å². The summed E-state index contributed by atoms with van der Waals surface area (Å²) in [6, 6.07) is 5.63. The van der Waals surface area contributed by atoms with Crippen LogP contribution in [0.25, 0.3) is 11.1 Å². The highest BCUT2D eigenvalue weighted by molar-refractivity contribution is 5.94. The van der Waals surface area contributed by atoms with Crippen molar-refractivity contribution in [1.82, 2.24) is 10.3 Å². The van der Waals surface area contributed by atoms with Crippen molar-refractivity contribution < 1.29 is 9.21 Å². The largest absolute Gasteiger partial charge is 0.440 e. The molecule has 0 bridgehead atoms. The fourth-order valence-corrected chi connectivity index (χ4v) is 2.65. The van der Waals surface area contributed by atoms with Crippen LogP contribution in [0.15, 0.2) is 22.6 Å². The lowest BCUT2D eigenvalue weighted by molar-refractivity contribution is -0.120. The maximum absolute atomic E-state index is 12.3. The zero-order valence-electron chi connectivity index (χ0n) is 13.4. The Morgan fingerprint density at radius 2 is 2.05 bits per heavy atom. The zero-order chi connectivity index (χ0) is 15.7. The second-order valence-electron chi connectivity index (χ2n) is 6.97. The average Bonchev–Trinajstić information content (AvgIpc) is 2.91. The molecular weight excluding hydrogens is 278 g/mol. The molecule has 1 amide bonds. The van der Waals surface area contributed by atoms with Crippen molar-refractivity contribution in [2.24, 2.45) is 5.92 Å². The lowest BCUT2D eigenvalue weighted by Crippen LogP contribution is -2.34. The maximum Gasteiger partial charge on any atom is 0.227 e. The van der Waals surface area contributed by atoms with Gasteiger partial charge in [-0.05, 0) is 44.1 Å². The summed E-state index contributed by atoms with van der Waals surface area (Å²) in [5.74, 6) is 0.907. The van der Waals surface area contributed by atoms with Crippen molar-refractivity contribution in [3.63, 3.8) is 0 Å². The highest BCUT2D eigenvalue weighted by Crippen LogP contribution is 2.27. The lowest BCUT2D eigenvalue weighted by Gasteiger charge is -2.21. The molecule has 5 heteroatoms. The van der Waals surface area contributed by atoms with Crippen molar-refractivity contribution in [1.29, 1.82) is 0 Å². The molecule has 0 saturated carbocycles. The number of carbonyl (C=O) groups is 1. The minimum atomic E-state index is -0.127. The van der Waals surface area contributed by atoms with E-state index in [0.717, 1.165) is 42.7 Å². The Morgan fingerprint density at radius 3 is 2.73 bits per heavy atom. The quantitative estimate of drug-likeness (QED) is 0.894. The van der Waals surface area contributed by atoms with Crippen LogP contribution < -0.4 is 10.6 Å². The van der Waals surface area contributed by atoms with Crippen LogP contribution in [-0.4, -0.2) is 24.0 Å². The third-order valence-electron chi connectivity index (χ3n) is 4.01. The number of benzene rings is 1. The molecule has 2 heterocycles. The molecule has 22 heavy (non-hydrogen) atoms. The molecule has 2 N–H and O–H groups in total. The molecule has 1 aromatic carbocycles. The van der Waals surface area contributed by atoms with Gasteiger partial charge in [0.1, 0.15) is 5.52 Å². The fraction of sp³-hybridized carbons (Fsp3) is 0.529. The Morgan fingerprint density at radius 1 is 1.32 bits per heavy atom. The summed E-state index contributed by atoms with van der Waals surface area (Å²) in [7, 11) is 0. The molecule has 0 aliphatic carbocycles. The molecule has 1 aliphatic heterocycles. The Bertz CT molecular complexity index is 679. The highest BCUT2D eigenvalue weighted by Gasteiger charge is 2.22. The zero-order valence-corrected chi connectivity index (χ0v) is 13.4. The van der Waals surface area contributed by atoms with E-state index < -0.39 is 0 Å². The minimum absolute atomic E-state index is 0.0967. The number of piperidine rings is 1. The van der Waals surface area contributed by atoms with Gasteiger partial charge in [0.05, 0.1) is 0 Å². The van der Waals surface area contributed by atoms with E-state index in [2.05, 4.69) is 36.4 Å². The van der Waals surface area contributed by atoms with E-state index in [4.69, 9.17) is 4.42 Å². The van der Waals surface area contributed by atoms with Gasteiger partial charge < -0.3 is 15.1 Å². The van der Waals surface area contributed by atoms with Gasteiger partial charge in [-0.1, -0.05) is 20.8 Å². The average molecular weight is 301 g/mol. The summed E-state index contributed by atoms with van der Waals surface area (Å²) in [4.78, 5) is 16.8. The number of nitrogens with one attached hydrogen (secondary N) is 2. The van der Waals surface area contributed by atoms with Crippen LogP contribution in [0.1, 0.15) is 39.5 Å². The van der Waals surface area contributed by atoms with Gasteiger partial charge in [0.25, 0.3) is 0 Å². The molecule has 1 fully saturated rings. The van der Waals surface area contributed by atoms with Crippen LogP contribution in [0.2, 0.25) is 0 Å².